The summed E-state index contributed by atoms with van der Waals surface area (Å²) in [6.45, 7) is 0. The van der Waals surface area contributed by atoms with Crippen LogP contribution in [-0.4, -0.2) is 29.7 Å². The summed E-state index contributed by atoms with van der Waals surface area (Å²) in [5.41, 5.74) is 3.95. The minimum atomic E-state index is -0.239. The van der Waals surface area contributed by atoms with Crippen LogP contribution in [-0.2, 0) is 7.05 Å². The normalized spacial score (nSPS) is 10.7. The molecule has 146 valence electrons. The van der Waals surface area contributed by atoms with Crippen LogP contribution in [0, 0.1) is 0 Å². The van der Waals surface area contributed by atoms with Crippen molar-refractivity contribution in [1.82, 2.24) is 9.55 Å². The number of carbonyl (C=O) groups is 1. The summed E-state index contributed by atoms with van der Waals surface area (Å²) in [5, 5.41) is 3.00. The molecule has 1 aromatic heterocycles. The number of anilines is 1. The molecule has 0 aliphatic heterocycles. The number of benzene rings is 3. The maximum atomic E-state index is 12.9. The average Bonchev–Trinajstić information content (AvgIpc) is 3.10. The van der Waals surface area contributed by atoms with Crippen LogP contribution in [0.1, 0.15) is 10.4 Å². The molecule has 1 heterocycles. The van der Waals surface area contributed by atoms with E-state index < -0.39 is 0 Å². The molecule has 0 saturated heterocycles. The minimum Gasteiger partial charge on any atom is -0.493 e. The van der Waals surface area contributed by atoms with Crippen molar-refractivity contribution < 1.29 is 14.3 Å². The molecule has 0 radical (unpaired) electrons. The van der Waals surface area contributed by atoms with Gasteiger partial charge in [-0.3, -0.25) is 4.79 Å². The van der Waals surface area contributed by atoms with Crippen molar-refractivity contribution in [2.75, 3.05) is 19.5 Å². The Kier molecular flexibility index (Phi) is 4.91. The lowest BCUT2D eigenvalue weighted by molar-refractivity contribution is 0.102. The number of nitrogens with one attached hydrogen (secondary N) is 1. The fraction of sp³-hybridized carbons (Fsp3) is 0.130. The summed E-state index contributed by atoms with van der Waals surface area (Å²) in [4.78, 5) is 17.6. The van der Waals surface area contributed by atoms with Crippen LogP contribution in [0.15, 0.2) is 66.7 Å². The molecule has 29 heavy (non-hydrogen) atoms. The van der Waals surface area contributed by atoms with Crippen molar-refractivity contribution in [2.45, 2.75) is 0 Å². The number of nitrogens with zero attached hydrogens (tertiary/aromatic N) is 2. The van der Waals surface area contributed by atoms with Crippen LogP contribution < -0.4 is 14.8 Å². The number of aromatic nitrogens is 2. The highest BCUT2D eigenvalue weighted by molar-refractivity contribution is 6.06. The highest BCUT2D eigenvalue weighted by Crippen LogP contribution is 2.31. The molecule has 4 aromatic rings. The molecular formula is C23H21N3O3. The van der Waals surface area contributed by atoms with E-state index in [1.54, 1.807) is 32.4 Å². The van der Waals surface area contributed by atoms with Crippen molar-refractivity contribution in [3.8, 4) is 22.9 Å². The molecule has 0 saturated carbocycles. The van der Waals surface area contributed by atoms with Gasteiger partial charge in [-0.1, -0.05) is 24.3 Å². The molecule has 3 aromatic carbocycles. The first-order valence-electron chi connectivity index (χ1n) is 9.16. The first-order chi connectivity index (χ1) is 14.1. The molecule has 4 rings (SSSR count). The molecule has 0 aliphatic rings. The zero-order valence-corrected chi connectivity index (χ0v) is 16.5. The summed E-state index contributed by atoms with van der Waals surface area (Å²) in [7, 11) is 5.07. The zero-order chi connectivity index (χ0) is 20.4. The summed E-state index contributed by atoms with van der Waals surface area (Å²) in [6, 6.07) is 20.7. The molecule has 1 N–H and O–H groups in total. The van der Waals surface area contributed by atoms with Crippen LogP contribution in [0.25, 0.3) is 22.4 Å². The Balaban J connectivity index is 1.70. The molecule has 6 nitrogen and oxygen atoms in total. The topological polar surface area (TPSA) is 65.4 Å². The van der Waals surface area contributed by atoms with Gasteiger partial charge < -0.3 is 19.4 Å². The second-order valence-electron chi connectivity index (χ2n) is 6.55. The van der Waals surface area contributed by atoms with Gasteiger partial charge in [0.25, 0.3) is 5.91 Å². The number of hydrogen-bond acceptors (Lipinski definition) is 4. The van der Waals surface area contributed by atoms with E-state index in [2.05, 4.69) is 5.32 Å². The van der Waals surface area contributed by atoms with E-state index in [0.717, 1.165) is 22.4 Å². The number of hydrogen-bond donors (Lipinski definition) is 1. The Hall–Kier alpha value is -3.80. The zero-order valence-electron chi connectivity index (χ0n) is 16.5. The number of fused-ring (bicyclic) bond motifs is 1. The van der Waals surface area contributed by atoms with Gasteiger partial charge in [-0.05, 0) is 42.5 Å². The maximum Gasteiger partial charge on any atom is 0.255 e. The predicted molar refractivity (Wildman–Crippen MR) is 114 cm³/mol. The third-order valence-electron chi connectivity index (χ3n) is 4.85. The standard InChI is InChI=1S/C23H21N3O3/c1-26-19-11-7-6-10-18(19)24-22(26)16-8-4-5-9-17(16)25-23(27)15-12-13-20(28-2)21(14-15)29-3/h4-14H,1-3H3,(H,25,27). The number of imidazole rings is 1. The van der Waals surface area contributed by atoms with Crippen molar-refractivity contribution in [3.05, 3.63) is 72.3 Å². The molecule has 0 fully saturated rings. The molecule has 0 aliphatic carbocycles. The second-order valence-corrected chi connectivity index (χ2v) is 6.55. The highest BCUT2D eigenvalue weighted by atomic mass is 16.5. The molecule has 0 spiro atoms. The number of aryl methyl sites for hydroxylation is 1. The Morgan fingerprint density at radius 2 is 1.66 bits per heavy atom. The van der Waals surface area contributed by atoms with Crippen LogP contribution in [0.2, 0.25) is 0 Å². The third-order valence-corrected chi connectivity index (χ3v) is 4.85. The summed E-state index contributed by atoms with van der Waals surface area (Å²) in [6.07, 6.45) is 0. The van der Waals surface area contributed by atoms with Crippen LogP contribution in [0.5, 0.6) is 11.5 Å². The fourth-order valence-corrected chi connectivity index (χ4v) is 3.35. The monoisotopic (exact) mass is 387 g/mol. The van der Waals surface area contributed by atoms with Gasteiger partial charge in [0, 0.05) is 18.2 Å². The van der Waals surface area contributed by atoms with E-state index in [4.69, 9.17) is 14.5 Å². The van der Waals surface area contributed by atoms with Gasteiger partial charge >= 0.3 is 0 Å². The molecule has 0 unspecified atom stereocenters. The molecular weight excluding hydrogens is 366 g/mol. The smallest absolute Gasteiger partial charge is 0.255 e. The van der Waals surface area contributed by atoms with Gasteiger partial charge in [-0.2, -0.15) is 0 Å². The number of rotatable bonds is 5. The number of methoxy groups -OCH3 is 2. The largest absolute Gasteiger partial charge is 0.493 e. The van der Waals surface area contributed by atoms with E-state index >= 15 is 0 Å². The average molecular weight is 387 g/mol. The summed E-state index contributed by atoms with van der Waals surface area (Å²) in [5.74, 6) is 1.62. The molecule has 0 atom stereocenters. The van der Waals surface area contributed by atoms with E-state index in [1.807, 2.05) is 60.1 Å². The van der Waals surface area contributed by atoms with Crippen molar-refractivity contribution in [3.63, 3.8) is 0 Å². The number of ether oxygens (including phenoxy) is 2. The first-order valence-corrected chi connectivity index (χ1v) is 9.16. The van der Waals surface area contributed by atoms with Gasteiger partial charge in [0.05, 0.1) is 30.9 Å². The SMILES string of the molecule is COc1ccc(C(=O)Nc2ccccc2-c2nc3ccccc3n2C)cc1OC. The van der Waals surface area contributed by atoms with Crippen molar-refractivity contribution in [1.29, 1.82) is 0 Å². The van der Waals surface area contributed by atoms with E-state index in [0.29, 0.717) is 22.7 Å². The molecule has 0 bridgehead atoms. The summed E-state index contributed by atoms with van der Waals surface area (Å²) < 4.78 is 12.6. The third kappa shape index (κ3) is 3.40. The van der Waals surface area contributed by atoms with E-state index in [9.17, 15) is 4.79 Å². The van der Waals surface area contributed by atoms with Gasteiger partial charge in [0.2, 0.25) is 0 Å². The Bertz CT molecular complexity index is 1200. The lowest BCUT2D eigenvalue weighted by Crippen LogP contribution is -2.13. The van der Waals surface area contributed by atoms with Crippen LogP contribution in [0.3, 0.4) is 0 Å². The van der Waals surface area contributed by atoms with Gasteiger partial charge in [-0.15, -0.1) is 0 Å². The predicted octanol–water partition coefficient (Wildman–Crippen LogP) is 4.51. The van der Waals surface area contributed by atoms with Crippen molar-refractivity contribution in [2.24, 2.45) is 7.05 Å². The van der Waals surface area contributed by atoms with E-state index in [-0.39, 0.29) is 5.91 Å². The lowest BCUT2D eigenvalue weighted by Gasteiger charge is -2.13. The van der Waals surface area contributed by atoms with Crippen molar-refractivity contribution >= 4 is 22.6 Å². The Morgan fingerprint density at radius 1 is 0.931 bits per heavy atom. The quantitative estimate of drug-likeness (QED) is 0.547. The number of carbonyl (C=O) groups excluding carboxylic acids is 1. The number of para-hydroxylation sites is 3. The maximum absolute atomic E-state index is 12.9. The van der Waals surface area contributed by atoms with E-state index in [1.165, 1.54) is 0 Å². The minimum absolute atomic E-state index is 0.239. The first kappa shape index (κ1) is 18.6. The summed E-state index contributed by atoms with van der Waals surface area (Å²) >= 11 is 0. The van der Waals surface area contributed by atoms with Gasteiger partial charge in [0.1, 0.15) is 5.82 Å². The van der Waals surface area contributed by atoms with Gasteiger partial charge in [-0.25, -0.2) is 4.98 Å². The Labute approximate surface area is 168 Å². The molecule has 6 heteroatoms. The van der Waals surface area contributed by atoms with Crippen LogP contribution >= 0.6 is 0 Å². The lowest BCUT2D eigenvalue weighted by atomic mass is 10.1. The fourth-order valence-electron chi connectivity index (χ4n) is 3.35. The molecule has 1 amide bonds. The second kappa shape index (κ2) is 7.67. The van der Waals surface area contributed by atoms with Crippen LogP contribution in [0.4, 0.5) is 5.69 Å². The highest BCUT2D eigenvalue weighted by Gasteiger charge is 2.16. The Morgan fingerprint density at radius 3 is 2.41 bits per heavy atom. The van der Waals surface area contributed by atoms with Gasteiger partial charge in [0.15, 0.2) is 11.5 Å². The number of amides is 1.